The standard InChI is InChI=1S/C13H22N2O3/c16-12(17)10-15(11-6-2-3-7-11)13(18)14-8-4-1-5-9-14/h11H,1-10H2,(H,16,17). The van der Waals surface area contributed by atoms with Crippen LogP contribution in [0.4, 0.5) is 4.79 Å². The van der Waals surface area contributed by atoms with Crippen molar-refractivity contribution in [2.45, 2.75) is 51.0 Å². The molecule has 0 aromatic heterocycles. The molecule has 5 heteroatoms. The monoisotopic (exact) mass is 254 g/mol. The van der Waals surface area contributed by atoms with E-state index in [2.05, 4.69) is 0 Å². The third-order valence-electron chi connectivity index (χ3n) is 3.94. The minimum Gasteiger partial charge on any atom is -0.480 e. The first-order valence-electron chi connectivity index (χ1n) is 6.96. The highest BCUT2D eigenvalue weighted by Gasteiger charge is 2.31. The van der Waals surface area contributed by atoms with Crippen LogP contribution in [-0.2, 0) is 4.79 Å². The summed E-state index contributed by atoms with van der Waals surface area (Å²) in [6.45, 7) is 1.41. The van der Waals surface area contributed by atoms with Crippen molar-refractivity contribution in [2.75, 3.05) is 19.6 Å². The highest BCUT2D eigenvalue weighted by atomic mass is 16.4. The van der Waals surface area contributed by atoms with Crippen molar-refractivity contribution in [3.8, 4) is 0 Å². The lowest BCUT2D eigenvalue weighted by molar-refractivity contribution is -0.138. The fraction of sp³-hybridized carbons (Fsp3) is 0.846. The molecule has 1 N–H and O–H groups in total. The van der Waals surface area contributed by atoms with Gasteiger partial charge in [0.1, 0.15) is 6.54 Å². The molecule has 0 aromatic rings. The number of carboxylic acid groups (broad SMARTS) is 1. The Kier molecular flexibility index (Phi) is 4.44. The number of carboxylic acids is 1. The topological polar surface area (TPSA) is 60.9 Å². The molecule has 0 atom stereocenters. The van der Waals surface area contributed by atoms with Gasteiger partial charge in [0.15, 0.2) is 0 Å². The summed E-state index contributed by atoms with van der Waals surface area (Å²) < 4.78 is 0. The zero-order valence-corrected chi connectivity index (χ0v) is 10.8. The van der Waals surface area contributed by atoms with Gasteiger partial charge in [0.25, 0.3) is 0 Å². The van der Waals surface area contributed by atoms with Crippen LogP contribution < -0.4 is 0 Å². The minimum absolute atomic E-state index is 0.0657. The average molecular weight is 254 g/mol. The Labute approximate surface area is 108 Å². The first-order chi connectivity index (χ1) is 8.68. The summed E-state index contributed by atoms with van der Waals surface area (Å²) in [5, 5.41) is 8.98. The smallest absolute Gasteiger partial charge is 0.323 e. The maximum atomic E-state index is 12.4. The van der Waals surface area contributed by atoms with Gasteiger partial charge in [0.2, 0.25) is 0 Å². The Hall–Kier alpha value is -1.26. The number of carbonyl (C=O) groups is 2. The number of amides is 2. The van der Waals surface area contributed by atoms with Gasteiger partial charge in [-0.25, -0.2) is 4.79 Å². The Morgan fingerprint density at radius 2 is 1.67 bits per heavy atom. The van der Waals surface area contributed by atoms with Gasteiger partial charge in [-0.05, 0) is 32.1 Å². The normalized spacial score (nSPS) is 21.0. The van der Waals surface area contributed by atoms with Crippen molar-refractivity contribution in [1.82, 2.24) is 9.80 Å². The van der Waals surface area contributed by atoms with E-state index >= 15 is 0 Å². The Bertz CT molecular complexity index is 307. The number of piperidine rings is 1. The third-order valence-corrected chi connectivity index (χ3v) is 3.94. The summed E-state index contributed by atoms with van der Waals surface area (Å²) in [6.07, 6.45) is 7.36. The second-order valence-electron chi connectivity index (χ2n) is 5.29. The first kappa shape index (κ1) is 13.2. The van der Waals surface area contributed by atoms with Crippen molar-refractivity contribution in [2.24, 2.45) is 0 Å². The van der Waals surface area contributed by atoms with Crippen LogP contribution in [0.2, 0.25) is 0 Å². The maximum absolute atomic E-state index is 12.4. The van der Waals surface area contributed by atoms with E-state index in [1.54, 1.807) is 4.90 Å². The van der Waals surface area contributed by atoms with Gasteiger partial charge in [-0.3, -0.25) is 4.79 Å². The molecule has 2 aliphatic rings. The van der Waals surface area contributed by atoms with Crippen molar-refractivity contribution >= 4 is 12.0 Å². The zero-order chi connectivity index (χ0) is 13.0. The van der Waals surface area contributed by atoms with Crippen molar-refractivity contribution in [3.05, 3.63) is 0 Å². The molecule has 0 radical (unpaired) electrons. The minimum atomic E-state index is -0.910. The molecule has 0 bridgehead atoms. The molecule has 2 rings (SSSR count). The van der Waals surface area contributed by atoms with Crippen LogP contribution >= 0.6 is 0 Å². The van der Waals surface area contributed by atoms with E-state index in [4.69, 9.17) is 5.11 Å². The van der Waals surface area contributed by atoms with Crippen LogP contribution in [0.3, 0.4) is 0 Å². The molecule has 5 nitrogen and oxygen atoms in total. The van der Waals surface area contributed by atoms with E-state index < -0.39 is 5.97 Å². The SMILES string of the molecule is O=C(O)CN(C(=O)N1CCCCC1)C1CCCC1. The number of carbonyl (C=O) groups excluding carboxylic acids is 1. The second kappa shape index (κ2) is 6.07. The number of nitrogens with zero attached hydrogens (tertiary/aromatic N) is 2. The molecule has 1 saturated carbocycles. The molecule has 1 aliphatic carbocycles. The van der Waals surface area contributed by atoms with Crippen molar-refractivity contribution < 1.29 is 14.7 Å². The number of likely N-dealkylation sites (tertiary alicyclic amines) is 1. The number of rotatable bonds is 3. The Morgan fingerprint density at radius 3 is 2.22 bits per heavy atom. The van der Waals surface area contributed by atoms with Crippen LogP contribution in [0.25, 0.3) is 0 Å². The summed E-state index contributed by atoms with van der Waals surface area (Å²) in [7, 11) is 0. The molecular formula is C13H22N2O3. The first-order valence-corrected chi connectivity index (χ1v) is 6.96. The molecule has 2 amide bonds. The van der Waals surface area contributed by atoms with E-state index in [-0.39, 0.29) is 18.6 Å². The molecule has 0 unspecified atom stereocenters. The lowest BCUT2D eigenvalue weighted by Gasteiger charge is -2.35. The van der Waals surface area contributed by atoms with Gasteiger partial charge in [0, 0.05) is 19.1 Å². The van der Waals surface area contributed by atoms with E-state index in [9.17, 15) is 9.59 Å². The van der Waals surface area contributed by atoms with Crippen molar-refractivity contribution in [1.29, 1.82) is 0 Å². The fourth-order valence-corrected chi connectivity index (χ4v) is 2.98. The maximum Gasteiger partial charge on any atom is 0.323 e. The molecule has 0 aromatic carbocycles. The second-order valence-corrected chi connectivity index (χ2v) is 5.29. The van der Waals surface area contributed by atoms with Gasteiger partial charge in [-0.15, -0.1) is 0 Å². The van der Waals surface area contributed by atoms with Crippen LogP contribution in [0, 0.1) is 0 Å². The lowest BCUT2D eigenvalue weighted by Crippen LogP contribution is -2.50. The summed E-state index contributed by atoms with van der Waals surface area (Å²) in [5.41, 5.74) is 0. The molecule has 18 heavy (non-hydrogen) atoms. The lowest BCUT2D eigenvalue weighted by atomic mass is 10.1. The predicted molar refractivity (Wildman–Crippen MR) is 67.4 cm³/mol. The third kappa shape index (κ3) is 3.15. The van der Waals surface area contributed by atoms with E-state index in [1.807, 2.05) is 4.90 Å². The van der Waals surface area contributed by atoms with Crippen LogP contribution in [0.1, 0.15) is 44.9 Å². The number of aliphatic carboxylic acids is 1. The van der Waals surface area contributed by atoms with Crippen LogP contribution in [0.15, 0.2) is 0 Å². The summed E-state index contributed by atoms with van der Waals surface area (Å²) in [6, 6.07) is 0.0690. The van der Waals surface area contributed by atoms with Crippen LogP contribution in [0.5, 0.6) is 0 Å². The number of urea groups is 1. The van der Waals surface area contributed by atoms with E-state index in [0.717, 1.165) is 51.6 Å². The highest BCUT2D eigenvalue weighted by molar-refractivity contribution is 5.80. The number of hydrogen-bond donors (Lipinski definition) is 1. The van der Waals surface area contributed by atoms with Gasteiger partial charge in [-0.1, -0.05) is 12.8 Å². The molecule has 1 aliphatic heterocycles. The van der Waals surface area contributed by atoms with E-state index in [1.165, 1.54) is 6.42 Å². The van der Waals surface area contributed by atoms with Gasteiger partial charge in [0.05, 0.1) is 0 Å². The van der Waals surface area contributed by atoms with Gasteiger partial charge < -0.3 is 14.9 Å². The van der Waals surface area contributed by atoms with Gasteiger partial charge in [-0.2, -0.15) is 0 Å². The summed E-state index contributed by atoms with van der Waals surface area (Å²) in [4.78, 5) is 26.8. The summed E-state index contributed by atoms with van der Waals surface area (Å²) in [5.74, 6) is -0.910. The zero-order valence-electron chi connectivity index (χ0n) is 10.8. The molecule has 0 spiro atoms. The molecular weight excluding hydrogens is 232 g/mol. The highest BCUT2D eigenvalue weighted by Crippen LogP contribution is 2.25. The van der Waals surface area contributed by atoms with Crippen LogP contribution in [-0.4, -0.2) is 52.6 Å². The molecule has 102 valence electrons. The summed E-state index contributed by atoms with van der Waals surface area (Å²) >= 11 is 0. The van der Waals surface area contributed by atoms with Gasteiger partial charge >= 0.3 is 12.0 Å². The Balaban J connectivity index is 2.01. The van der Waals surface area contributed by atoms with E-state index in [0.29, 0.717) is 0 Å². The quantitative estimate of drug-likeness (QED) is 0.837. The average Bonchev–Trinajstić information content (AvgIpc) is 2.89. The van der Waals surface area contributed by atoms with Crippen molar-refractivity contribution in [3.63, 3.8) is 0 Å². The molecule has 2 fully saturated rings. The largest absolute Gasteiger partial charge is 0.480 e. The fourth-order valence-electron chi connectivity index (χ4n) is 2.98. The molecule has 1 heterocycles. The number of hydrogen-bond acceptors (Lipinski definition) is 2. The Morgan fingerprint density at radius 1 is 1.06 bits per heavy atom. The predicted octanol–water partition coefficient (Wildman–Crippen LogP) is 1.92. The molecule has 1 saturated heterocycles.